The summed E-state index contributed by atoms with van der Waals surface area (Å²) in [6.07, 6.45) is 12.1. The van der Waals surface area contributed by atoms with Crippen LogP contribution in [-0.4, -0.2) is 50.3 Å². The molecule has 0 spiro atoms. The molecule has 4 bridgehead atoms. The van der Waals surface area contributed by atoms with Gasteiger partial charge in [-0.1, -0.05) is 0 Å². The lowest BCUT2D eigenvalue weighted by Gasteiger charge is -2.60. The smallest absolute Gasteiger partial charge is 0.271 e. The van der Waals surface area contributed by atoms with Crippen LogP contribution in [0.15, 0.2) is 12.5 Å². The standard InChI is InChI=1S/C22H30N4O3/c27-21(17-11-23-12-24-19(17)18-2-1-5-29-18)26(25-16-3-4-16)20-14-6-13-7-15(20)10-22(28,8-13)9-14/h11-16,18,20,25,28H,1-10H2/t13?,14?,15?,18-,20?,22?/m1/s1. The molecule has 3 atom stereocenters. The highest BCUT2D eigenvalue weighted by molar-refractivity contribution is 5.95. The van der Waals surface area contributed by atoms with E-state index in [0.29, 0.717) is 29.4 Å². The summed E-state index contributed by atoms with van der Waals surface area (Å²) in [4.78, 5) is 22.5. The van der Waals surface area contributed by atoms with Gasteiger partial charge in [-0.05, 0) is 75.5 Å². The van der Waals surface area contributed by atoms with Crippen LogP contribution in [-0.2, 0) is 4.74 Å². The first-order valence-corrected chi connectivity index (χ1v) is 11.3. The SMILES string of the molecule is O=C(c1cncnc1[C@H]1CCCO1)N(NC1CC1)C1C2CC3CC1CC(O)(C3)C2. The second-order valence-corrected chi connectivity index (χ2v) is 10.1. The van der Waals surface area contributed by atoms with E-state index >= 15 is 0 Å². The van der Waals surface area contributed by atoms with Crippen molar-refractivity contribution in [3.05, 3.63) is 23.8 Å². The molecule has 5 saturated carbocycles. The van der Waals surface area contributed by atoms with Gasteiger partial charge in [0.1, 0.15) is 12.4 Å². The summed E-state index contributed by atoms with van der Waals surface area (Å²) in [7, 11) is 0. The molecule has 1 aliphatic heterocycles. The van der Waals surface area contributed by atoms with Gasteiger partial charge in [0.15, 0.2) is 0 Å². The Morgan fingerprint density at radius 3 is 2.66 bits per heavy atom. The molecule has 0 aromatic carbocycles. The van der Waals surface area contributed by atoms with Crippen molar-refractivity contribution in [3.63, 3.8) is 0 Å². The number of carbonyl (C=O) groups is 1. The van der Waals surface area contributed by atoms with Crippen molar-refractivity contribution in [1.82, 2.24) is 20.4 Å². The zero-order valence-corrected chi connectivity index (χ0v) is 16.8. The molecule has 7 heteroatoms. The highest BCUT2D eigenvalue weighted by Crippen LogP contribution is 2.57. The lowest BCUT2D eigenvalue weighted by Crippen LogP contribution is -2.65. The van der Waals surface area contributed by atoms with Gasteiger partial charge in [-0.25, -0.2) is 15.4 Å². The third kappa shape index (κ3) is 3.18. The Morgan fingerprint density at radius 2 is 2.00 bits per heavy atom. The molecule has 7 nitrogen and oxygen atoms in total. The zero-order chi connectivity index (χ0) is 19.6. The van der Waals surface area contributed by atoms with Gasteiger partial charge in [0.25, 0.3) is 5.91 Å². The number of hydrogen-bond acceptors (Lipinski definition) is 6. The summed E-state index contributed by atoms with van der Waals surface area (Å²) in [6.45, 7) is 0.721. The molecule has 1 amide bonds. The zero-order valence-electron chi connectivity index (χ0n) is 16.8. The summed E-state index contributed by atoms with van der Waals surface area (Å²) in [5.74, 6) is 1.34. The summed E-state index contributed by atoms with van der Waals surface area (Å²) in [5, 5.41) is 12.9. The van der Waals surface area contributed by atoms with Crippen LogP contribution in [0, 0.1) is 17.8 Å². The van der Waals surface area contributed by atoms with Crippen LogP contribution in [0.25, 0.3) is 0 Å². The van der Waals surface area contributed by atoms with E-state index in [1.54, 1.807) is 6.20 Å². The molecule has 1 aromatic heterocycles. The van der Waals surface area contributed by atoms with Gasteiger partial charge in [-0.3, -0.25) is 9.80 Å². The first kappa shape index (κ1) is 18.2. The predicted octanol–water partition coefficient (Wildman–Crippen LogP) is 2.38. The Bertz CT molecular complexity index is 791. The van der Waals surface area contributed by atoms with Crippen molar-refractivity contribution in [3.8, 4) is 0 Å². The number of nitrogens with one attached hydrogen (secondary N) is 1. The number of nitrogens with zero attached hydrogens (tertiary/aromatic N) is 3. The fourth-order valence-corrected chi connectivity index (χ4v) is 6.75. The fraction of sp³-hybridized carbons (Fsp3) is 0.773. The number of hydrogen-bond donors (Lipinski definition) is 2. The number of ether oxygens (including phenoxy) is 1. The molecule has 0 radical (unpaired) electrons. The molecule has 7 rings (SSSR count). The average molecular weight is 399 g/mol. The Labute approximate surface area is 171 Å². The van der Waals surface area contributed by atoms with Crippen LogP contribution in [0.5, 0.6) is 0 Å². The third-order valence-corrected chi connectivity index (χ3v) is 7.82. The molecule has 5 aliphatic carbocycles. The van der Waals surface area contributed by atoms with Crippen LogP contribution >= 0.6 is 0 Å². The summed E-state index contributed by atoms with van der Waals surface area (Å²) >= 11 is 0. The van der Waals surface area contributed by atoms with Crippen LogP contribution < -0.4 is 5.43 Å². The largest absolute Gasteiger partial charge is 0.390 e. The molecule has 2 heterocycles. The Hall–Kier alpha value is -1.57. The van der Waals surface area contributed by atoms with E-state index in [0.717, 1.165) is 70.1 Å². The minimum atomic E-state index is -0.500. The van der Waals surface area contributed by atoms with E-state index in [1.807, 2.05) is 5.01 Å². The van der Waals surface area contributed by atoms with Crippen molar-refractivity contribution >= 4 is 5.91 Å². The van der Waals surface area contributed by atoms with Crippen molar-refractivity contribution in [2.45, 2.75) is 81.6 Å². The number of carbonyl (C=O) groups excluding carboxylic acids is 1. The normalized spacial score (nSPS) is 40.4. The number of rotatable bonds is 5. The van der Waals surface area contributed by atoms with Crippen LogP contribution in [0.2, 0.25) is 0 Å². The molecule has 29 heavy (non-hydrogen) atoms. The van der Waals surface area contributed by atoms with Crippen molar-refractivity contribution in [1.29, 1.82) is 0 Å². The number of amides is 1. The molecule has 6 aliphatic rings. The highest BCUT2D eigenvalue weighted by Gasteiger charge is 2.57. The van der Waals surface area contributed by atoms with Gasteiger partial charge < -0.3 is 9.84 Å². The Kier molecular flexibility index (Phi) is 4.22. The Morgan fingerprint density at radius 1 is 1.21 bits per heavy atom. The molecule has 2 N–H and O–H groups in total. The first-order chi connectivity index (χ1) is 14.1. The molecule has 2 unspecified atom stereocenters. The summed E-state index contributed by atoms with van der Waals surface area (Å²) in [5.41, 5.74) is 4.35. The summed E-state index contributed by atoms with van der Waals surface area (Å²) in [6, 6.07) is 0.535. The first-order valence-electron chi connectivity index (χ1n) is 11.3. The monoisotopic (exact) mass is 398 g/mol. The van der Waals surface area contributed by atoms with E-state index in [4.69, 9.17) is 4.74 Å². The van der Waals surface area contributed by atoms with Gasteiger partial charge >= 0.3 is 0 Å². The van der Waals surface area contributed by atoms with Gasteiger partial charge in [0.05, 0.1) is 22.9 Å². The average Bonchev–Trinajstić information content (AvgIpc) is 3.34. The maximum atomic E-state index is 13.9. The molecule has 156 valence electrons. The van der Waals surface area contributed by atoms with Crippen molar-refractivity contribution < 1.29 is 14.6 Å². The van der Waals surface area contributed by atoms with E-state index in [2.05, 4.69) is 15.4 Å². The van der Waals surface area contributed by atoms with E-state index in [-0.39, 0.29) is 18.1 Å². The van der Waals surface area contributed by atoms with Crippen LogP contribution in [0.3, 0.4) is 0 Å². The maximum absolute atomic E-state index is 13.9. The molecule has 1 aromatic rings. The summed E-state index contributed by atoms with van der Waals surface area (Å²) < 4.78 is 5.84. The topological polar surface area (TPSA) is 87.6 Å². The molecule has 6 fully saturated rings. The highest BCUT2D eigenvalue weighted by atomic mass is 16.5. The Balaban J connectivity index is 1.33. The van der Waals surface area contributed by atoms with E-state index in [9.17, 15) is 9.90 Å². The van der Waals surface area contributed by atoms with Crippen LogP contribution in [0.4, 0.5) is 0 Å². The third-order valence-electron chi connectivity index (χ3n) is 7.82. The lowest BCUT2D eigenvalue weighted by molar-refractivity contribution is -0.160. The van der Waals surface area contributed by atoms with Gasteiger partial charge in [0, 0.05) is 18.8 Å². The second-order valence-electron chi connectivity index (χ2n) is 10.1. The number of aromatic nitrogens is 2. The van der Waals surface area contributed by atoms with Crippen molar-refractivity contribution in [2.24, 2.45) is 17.8 Å². The lowest BCUT2D eigenvalue weighted by atomic mass is 9.52. The second kappa shape index (κ2) is 6.72. The van der Waals surface area contributed by atoms with Gasteiger partial charge in [0.2, 0.25) is 0 Å². The van der Waals surface area contributed by atoms with Crippen LogP contribution in [0.1, 0.15) is 79.9 Å². The quantitative estimate of drug-likeness (QED) is 0.741. The molecule has 1 saturated heterocycles. The van der Waals surface area contributed by atoms with Gasteiger partial charge in [-0.2, -0.15) is 0 Å². The maximum Gasteiger partial charge on any atom is 0.271 e. The van der Waals surface area contributed by atoms with E-state index < -0.39 is 5.60 Å². The van der Waals surface area contributed by atoms with E-state index in [1.165, 1.54) is 6.33 Å². The fourth-order valence-electron chi connectivity index (χ4n) is 6.75. The number of hydrazine groups is 1. The van der Waals surface area contributed by atoms with Gasteiger partial charge in [-0.15, -0.1) is 0 Å². The molecular formula is C22H30N4O3. The minimum Gasteiger partial charge on any atom is -0.390 e. The molecular weight excluding hydrogens is 368 g/mol. The predicted molar refractivity (Wildman–Crippen MR) is 105 cm³/mol. The number of aliphatic hydroxyl groups is 1. The minimum absolute atomic E-state index is 0.0209. The van der Waals surface area contributed by atoms with Crippen molar-refractivity contribution in [2.75, 3.05) is 6.61 Å².